The molecule has 0 heterocycles. The Morgan fingerprint density at radius 2 is 1.57 bits per heavy atom. The van der Waals surface area contributed by atoms with E-state index in [0.29, 0.717) is 0 Å². The van der Waals surface area contributed by atoms with Crippen LogP contribution < -0.4 is 10.6 Å². The number of halogens is 2. The lowest BCUT2D eigenvalue weighted by Gasteiger charge is -2.18. The number of nitrogens with one attached hydrogen (secondary N) is 2. The zero-order valence-electron chi connectivity index (χ0n) is 11.2. The molecule has 2 aromatic rings. The Bertz CT molecular complexity index is 649. The lowest BCUT2D eigenvalue weighted by molar-refractivity contribution is 0.247. The van der Waals surface area contributed by atoms with Crippen LogP contribution in [0.1, 0.15) is 18.4 Å². The van der Waals surface area contributed by atoms with Gasteiger partial charge in [-0.1, -0.05) is 36.4 Å². The molecule has 2 aromatic carbocycles. The summed E-state index contributed by atoms with van der Waals surface area (Å²) in [6, 6.07) is 12.4. The van der Waals surface area contributed by atoms with E-state index in [4.69, 9.17) is 0 Å². The van der Waals surface area contributed by atoms with Gasteiger partial charge >= 0.3 is 6.03 Å². The zero-order chi connectivity index (χ0) is 14.9. The smallest absolute Gasteiger partial charge is 0.320 e. The van der Waals surface area contributed by atoms with Crippen molar-refractivity contribution in [3.05, 3.63) is 65.7 Å². The van der Waals surface area contributed by atoms with E-state index in [0.717, 1.165) is 30.5 Å². The van der Waals surface area contributed by atoms with Crippen LogP contribution in [0.5, 0.6) is 0 Å². The van der Waals surface area contributed by atoms with E-state index in [-0.39, 0.29) is 0 Å². The summed E-state index contributed by atoms with van der Waals surface area (Å²) in [6.45, 7) is 0. The van der Waals surface area contributed by atoms with Gasteiger partial charge < -0.3 is 10.6 Å². The molecule has 2 amide bonds. The molecule has 0 atom stereocenters. The molecule has 1 fully saturated rings. The van der Waals surface area contributed by atoms with Gasteiger partial charge in [0, 0.05) is 0 Å². The van der Waals surface area contributed by atoms with E-state index in [9.17, 15) is 13.6 Å². The molecule has 0 spiro atoms. The Kier molecular flexibility index (Phi) is 3.33. The Morgan fingerprint density at radius 1 is 0.952 bits per heavy atom. The van der Waals surface area contributed by atoms with E-state index in [2.05, 4.69) is 10.6 Å². The highest BCUT2D eigenvalue weighted by molar-refractivity contribution is 5.90. The molecule has 0 saturated heterocycles. The predicted molar refractivity (Wildman–Crippen MR) is 75.9 cm³/mol. The Labute approximate surface area is 121 Å². The van der Waals surface area contributed by atoms with Crippen LogP contribution in [0.15, 0.2) is 48.5 Å². The number of para-hydroxylation sites is 1. The third kappa shape index (κ3) is 2.72. The molecule has 5 heteroatoms. The van der Waals surface area contributed by atoms with Crippen LogP contribution in [0, 0.1) is 11.6 Å². The van der Waals surface area contributed by atoms with Gasteiger partial charge in [-0.15, -0.1) is 0 Å². The second kappa shape index (κ2) is 5.16. The van der Waals surface area contributed by atoms with Crippen LogP contribution in [0.2, 0.25) is 0 Å². The highest BCUT2D eigenvalue weighted by Gasteiger charge is 2.45. The largest absolute Gasteiger partial charge is 0.328 e. The van der Waals surface area contributed by atoms with E-state index in [1.807, 2.05) is 30.3 Å². The van der Waals surface area contributed by atoms with E-state index in [1.165, 1.54) is 6.07 Å². The number of carbonyl (C=O) groups is 1. The lowest BCUT2D eigenvalue weighted by Crippen LogP contribution is -2.38. The normalized spacial score (nSPS) is 15.3. The van der Waals surface area contributed by atoms with Gasteiger partial charge in [-0.25, -0.2) is 13.6 Å². The first-order valence-electron chi connectivity index (χ1n) is 6.69. The number of anilines is 1. The maximum Gasteiger partial charge on any atom is 0.320 e. The molecule has 0 unspecified atom stereocenters. The Hall–Kier alpha value is -2.43. The Balaban J connectivity index is 1.73. The van der Waals surface area contributed by atoms with Gasteiger partial charge in [0.25, 0.3) is 0 Å². The zero-order valence-corrected chi connectivity index (χ0v) is 11.2. The van der Waals surface area contributed by atoms with E-state index in [1.54, 1.807) is 0 Å². The highest BCUT2D eigenvalue weighted by Crippen LogP contribution is 2.45. The molecule has 3 rings (SSSR count). The predicted octanol–water partition coefficient (Wildman–Crippen LogP) is 3.78. The topological polar surface area (TPSA) is 41.1 Å². The van der Waals surface area contributed by atoms with Crippen LogP contribution in [0.4, 0.5) is 19.3 Å². The average molecular weight is 288 g/mol. The third-order valence-corrected chi connectivity index (χ3v) is 3.63. The summed E-state index contributed by atoms with van der Waals surface area (Å²) < 4.78 is 27.0. The van der Waals surface area contributed by atoms with Crippen molar-refractivity contribution in [2.45, 2.75) is 18.4 Å². The number of urea groups is 1. The number of rotatable bonds is 3. The maximum absolute atomic E-state index is 13.5. The summed E-state index contributed by atoms with van der Waals surface area (Å²) in [5.74, 6) is -1.59. The van der Waals surface area contributed by atoms with Crippen molar-refractivity contribution in [2.75, 3.05) is 5.32 Å². The van der Waals surface area contributed by atoms with Crippen LogP contribution in [0.25, 0.3) is 0 Å². The fourth-order valence-corrected chi connectivity index (χ4v) is 2.35. The summed E-state index contributed by atoms with van der Waals surface area (Å²) >= 11 is 0. The quantitative estimate of drug-likeness (QED) is 0.886. The van der Waals surface area contributed by atoms with E-state index >= 15 is 0 Å². The second-order valence-electron chi connectivity index (χ2n) is 5.12. The monoisotopic (exact) mass is 288 g/mol. The molecule has 1 aliphatic carbocycles. The molecule has 21 heavy (non-hydrogen) atoms. The van der Waals surface area contributed by atoms with E-state index < -0.39 is 28.9 Å². The first-order valence-corrected chi connectivity index (χ1v) is 6.69. The molecular formula is C16H14F2N2O. The molecule has 1 aliphatic rings. The van der Waals surface area contributed by atoms with Crippen LogP contribution in [0.3, 0.4) is 0 Å². The van der Waals surface area contributed by atoms with Gasteiger partial charge in [-0.3, -0.25) is 0 Å². The van der Waals surface area contributed by atoms with Gasteiger partial charge in [0.1, 0.15) is 17.3 Å². The number of hydrogen-bond donors (Lipinski definition) is 2. The summed E-state index contributed by atoms with van der Waals surface area (Å²) in [4.78, 5) is 12.0. The standard InChI is InChI=1S/C16H14F2N2O/c17-12-7-4-8-13(18)14(12)19-15(21)20-16(9-10-16)11-5-2-1-3-6-11/h1-8H,9-10H2,(H2,19,20,21). The molecule has 3 nitrogen and oxygen atoms in total. The summed E-state index contributed by atoms with van der Waals surface area (Å²) in [6.07, 6.45) is 1.62. The van der Waals surface area contributed by atoms with Crippen molar-refractivity contribution in [2.24, 2.45) is 0 Å². The summed E-state index contributed by atoms with van der Waals surface area (Å²) in [5, 5.41) is 5.05. The van der Waals surface area contributed by atoms with Gasteiger partial charge in [0.15, 0.2) is 0 Å². The Morgan fingerprint density at radius 3 is 2.14 bits per heavy atom. The second-order valence-corrected chi connectivity index (χ2v) is 5.12. The minimum Gasteiger partial charge on any atom is -0.328 e. The summed E-state index contributed by atoms with van der Waals surface area (Å²) in [5.41, 5.74) is 0.139. The molecular weight excluding hydrogens is 274 g/mol. The average Bonchev–Trinajstić information content (AvgIpc) is 3.25. The van der Waals surface area contributed by atoms with Gasteiger partial charge in [0.05, 0.1) is 5.54 Å². The first kappa shape index (κ1) is 13.5. The fraction of sp³-hybridized carbons (Fsp3) is 0.188. The number of amides is 2. The van der Waals surface area contributed by atoms with Crippen LogP contribution >= 0.6 is 0 Å². The molecule has 0 aromatic heterocycles. The van der Waals surface area contributed by atoms with Crippen molar-refractivity contribution >= 4 is 11.7 Å². The third-order valence-electron chi connectivity index (χ3n) is 3.63. The number of carbonyl (C=O) groups excluding carboxylic acids is 1. The van der Waals surface area contributed by atoms with Gasteiger partial charge in [0.2, 0.25) is 0 Å². The highest BCUT2D eigenvalue weighted by atomic mass is 19.1. The van der Waals surface area contributed by atoms with Crippen molar-refractivity contribution in [1.82, 2.24) is 5.32 Å². The van der Waals surface area contributed by atoms with Crippen LogP contribution in [-0.2, 0) is 5.54 Å². The lowest BCUT2D eigenvalue weighted by atomic mass is 10.1. The molecule has 0 bridgehead atoms. The minimum absolute atomic E-state index is 0.424. The number of benzene rings is 2. The van der Waals surface area contributed by atoms with Crippen molar-refractivity contribution in [3.8, 4) is 0 Å². The molecule has 0 radical (unpaired) electrons. The molecule has 1 saturated carbocycles. The van der Waals surface area contributed by atoms with Crippen molar-refractivity contribution in [3.63, 3.8) is 0 Å². The van der Waals surface area contributed by atoms with Gasteiger partial charge in [-0.2, -0.15) is 0 Å². The SMILES string of the molecule is O=C(Nc1c(F)cccc1F)NC1(c2ccccc2)CC1. The molecule has 0 aliphatic heterocycles. The van der Waals surface area contributed by atoms with Crippen molar-refractivity contribution in [1.29, 1.82) is 0 Å². The first-order chi connectivity index (χ1) is 10.1. The summed E-state index contributed by atoms with van der Waals surface area (Å²) in [7, 11) is 0. The van der Waals surface area contributed by atoms with Crippen LogP contribution in [-0.4, -0.2) is 6.03 Å². The fourth-order valence-electron chi connectivity index (χ4n) is 2.35. The molecule has 2 N–H and O–H groups in total. The van der Waals surface area contributed by atoms with Gasteiger partial charge in [-0.05, 0) is 30.5 Å². The number of hydrogen-bond acceptors (Lipinski definition) is 1. The van der Waals surface area contributed by atoms with Crippen molar-refractivity contribution < 1.29 is 13.6 Å². The molecule has 108 valence electrons. The maximum atomic E-state index is 13.5. The minimum atomic E-state index is -0.797.